The van der Waals surface area contributed by atoms with Gasteiger partial charge in [-0.2, -0.15) is 11.8 Å². The van der Waals surface area contributed by atoms with Crippen molar-refractivity contribution >= 4 is 23.6 Å². The Hall–Kier alpha value is -0.950. The zero-order chi connectivity index (χ0) is 16.7. The quantitative estimate of drug-likeness (QED) is 0.506. The lowest BCUT2D eigenvalue weighted by molar-refractivity contribution is -0.121. The minimum Gasteiger partial charge on any atom is -0.387 e. The SMILES string of the molecule is CCNC(=NCC1(O)CCSC1)N1CCC(CC(=O)NC)CC1. The van der Waals surface area contributed by atoms with E-state index in [-0.39, 0.29) is 5.91 Å². The Morgan fingerprint density at radius 3 is 2.74 bits per heavy atom. The minimum atomic E-state index is -0.636. The molecule has 132 valence electrons. The molecule has 7 heteroatoms. The van der Waals surface area contributed by atoms with Crippen LogP contribution in [0, 0.1) is 5.92 Å². The van der Waals surface area contributed by atoms with E-state index in [1.54, 1.807) is 18.8 Å². The smallest absolute Gasteiger partial charge is 0.220 e. The molecular formula is C16H30N4O2S. The summed E-state index contributed by atoms with van der Waals surface area (Å²) in [6.07, 6.45) is 3.47. The summed E-state index contributed by atoms with van der Waals surface area (Å²) in [7, 11) is 1.69. The van der Waals surface area contributed by atoms with Crippen LogP contribution < -0.4 is 10.6 Å². The first-order chi connectivity index (χ1) is 11.1. The highest BCUT2D eigenvalue weighted by atomic mass is 32.2. The average Bonchev–Trinajstić information content (AvgIpc) is 2.99. The van der Waals surface area contributed by atoms with Gasteiger partial charge in [0.05, 0.1) is 12.1 Å². The van der Waals surface area contributed by atoms with E-state index in [1.165, 1.54) is 0 Å². The highest BCUT2D eigenvalue weighted by Crippen LogP contribution is 2.28. The zero-order valence-electron chi connectivity index (χ0n) is 14.3. The molecule has 0 radical (unpaired) electrons. The molecule has 0 aromatic carbocycles. The maximum absolute atomic E-state index is 11.5. The summed E-state index contributed by atoms with van der Waals surface area (Å²) < 4.78 is 0. The summed E-state index contributed by atoms with van der Waals surface area (Å²) in [4.78, 5) is 18.4. The molecule has 6 nitrogen and oxygen atoms in total. The van der Waals surface area contributed by atoms with E-state index in [1.807, 2.05) is 0 Å². The molecule has 0 bridgehead atoms. The Bertz CT molecular complexity index is 416. The van der Waals surface area contributed by atoms with Gasteiger partial charge in [0.2, 0.25) is 5.91 Å². The second kappa shape index (κ2) is 8.78. The molecule has 0 aromatic heterocycles. The zero-order valence-corrected chi connectivity index (χ0v) is 15.1. The monoisotopic (exact) mass is 342 g/mol. The number of rotatable bonds is 5. The maximum atomic E-state index is 11.5. The highest BCUT2D eigenvalue weighted by Gasteiger charge is 2.32. The fourth-order valence-electron chi connectivity index (χ4n) is 3.08. The van der Waals surface area contributed by atoms with Gasteiger partial charge in [-0.25, -0.2) is 0 Å². The molecule has 0 spiro atoms. The molecule has 2 saturated heterocycles. The lowest BCUT2D eigenvalue weighted by Gasteiger charge is -2.34. The Kier molecular flexibility index (Phi) is 7.02. The van der Waals surface area contributed by atoms with Gasteiger partial charge in [0.15, 0.2) is 5.96 Å². The topological polar surface area (TPSA) is 77.0 Å². The Morgan fingerprint density at radius 2 is 2.17 bits per heavy atom. The van der Waals surface area contributed by atoms with E-state index in [4.69, 9.17) is 0 Å². The van der Waals surface area contributed by atoms with E-state index in [0.717, 1.165) is 56.4 Å². The molecule has 1 amide bonds. The maximum Gasteiger partial charge on any atom is 0.220 e. The molecule has 1 unspecified atom stereocenters. The molecule has 2 aliphatic rings. The van der Waals surface area contributed by atoms with Crippen LogP contribution >= 0.6 is 11.8 Å². The average molecular weight is 343 g/mol. The van der Waals surface area contributed by atoms with Crippen LogP contribution in [-0.4, -0.2) is 72.2 Å². The van der Waals surface area contributed by atoms with Crippen molar-refractivity contribution in [3.05, 3.63) is 0 Å². The van der Waals surface area contributed by atoms with Crippen LogP contribution in [0.25, 0.3) is 0 Å². The van der Waals surface area contributed by atoms with Crippen molar-refractivity contribution in [1.29, 1.82) is 0 Å². The highest BCUT2D eigenvalue weighted by molar-refractivity contribution is 7.99. The lowest BCUT2D eigenvalue weighted by atomic mass is 9.93. The first-order valence-electron chi connectivity index (χ1n) is 8.60. The number of aliphatic hydroxyl groups is 1. The van der Waals surface area contributed by atoms with Crippen molar-refractivity contribution in [1.82, 2.24) is 15.5 Å². The molecule has 2 heterocycles. The van der Waals surface area contributed by atoms with E-state index < -0.39 is 5.60 Å². The van der Waals surface area contributed by atoms with E-state index in [9.17, 15) is 9.90 Å². The van der Waals surface area contributed by atoms with Crippen LogP contribution in [0.1, 0.15) is 32.6 Å². The second-order valence-corrected chi connectivity index (χ2v) is 7.61. The van der Waals surface area contributed by atoms with Crippen molar-refractivity contribution in [2.45, 2.75) is 38.2 Å². The van der Waals surface area contributed by atoms with Crippen LogP contribution in [0.2, 0.25) is 0 Å². The van der Waals surface area contributed by atoms with Gasteiger partial charge < -0.3 is 20.6 Å². The summed E-state index contributed by atoms with van der Waals surface area (Å²) in [5, 5.41) is 16.5. The number of hydrogen-bond acceptors (Lipinski definition) is 4. The van der Waals surface area contributed by atoms with Crippen molar-refractivity contribution in [3.63, 3.8) is 0 Å². The first-order valence-corrected chi connectivity index (χ1v) is 9.76. The molecule has 2 rings (SSSR count). The number of carbonyl (C=O) groups excluding carboxylic acids is 1. The van der Waals surface area contributed by atoms with E-state index in [0.29, 0.717) is 18.9 Å². The third-order valence-corrected chi connectivity index (χ3v) is 5.84. The van der Waals surface area contributed by atoms with Crippen LogP contribution in [0.4, 0.5) is 0 Å². The van der Waals surface area contributed by atoms with Crippen molar-refractivity contribution in [2.24, 2.45) is 10.9 Å². The summed E-state index contributed by atoms with van der Waals surface area (Å²) >= 11 is 1.80. The Balaban J connectivity index is 1.87. The third-order valence-electron chi connectivity index (χ3n) is 4.61. The largest absolute Gasteiger partial charge is 0.387 e. The molecule has 1 atom stereocenters. The number of aliphatic imine (C=N–C) groups is 1. The fourth-order valence-corrected chi connectivity index (χ4v) is 4.37. The predicted octanol–water partition coefficient (Wildman–Crippen LogP) is 0.668. The number of nitrogens with one attached hydrogen (secondary N) is 2. The van der Waals surface area contributed by atoms with Gasteiger partial charge in [-0.15, -0.1) is 0 Å². The molecular weight excluding hydrogens is 312 g/mol. The van der Waals surface area contributed by atoms with E-state index >= 15 is 0 Å². The number of thioether (sulfide) groups is 1. The minimum absolute atomic E-state index is 0.130. The third kappa shape index (κ3) is 5.57. The fraction of sp³-hybridized carbons (Fsp3) is 0.875. The second-order valence-electron chi connectivity index (χ2n) is 6.50. The summed E-state index contributed by atoms with van der Waals surface area (Å²) in [5.41, 5.74) is -0.636. The summed E-state index contributed by atoms with van der Waals surface area (Å²) in [6.45, 7) is 5.19. The summed E-state index contributed by atoms with van der Waals surface area (Å²) in [6, 6.07) is 0. The lowest BCUT2D eigenvalue weighted by Crippen LogP contribution is -2.47. The van der Waals surface area contributed by atoms with Gasteiger partial charge in [-0.3, -0.25) is 9.79 Å². The van der Waals surface area contributed by atoms with Crippen LogP contribution in [0.15, 0.2) is 4.99 Å². The molecule has 0 aliphatic carbocycles. The number of guanidine groups is 1. The van der Waals surface area contributed by atoms with E-state index in [2.05, 4.69) is 27.4 Å². The first kappa shape index (κ1) is 18.4. The molecule has 23 heavy (non-hydrogen) atoms. The van der Waals surface area contributed by atoms with Crippen LogP contribution in [0.5, 0.6) is 0 Å². The van der Waals surface area contributed by atoms with Crippen LogP contribution in [-0.2, 0) is 4.79 Å². The van der Waals surface area contributed by atoms with Gasteiger partial charge >= 0.3 is 0 Å². The molecule has 2 fully saturated rings. The molecule has 2 aliphatic heterocycles. The number of carbonyl (C=O) groups is 1. The summed E-state index contributed by atoms with van der Waals surface area (Å²) in [5.74, 6) is 3.29. The van der Waals surface area contributed by atoms with Gasteiger partial charge in [-0.05, 0) is 37.9 Å². The van der Waals surface area contributed by atoms with Crippen molar-refractivity contribution in [3.8, 4) is 0 Å². The number of piperidine rings is 1. The number of amides is 1. The normalized spacial score (nSPS) is 26.4. The number of hydrogen-bond donors (Lipinski definition) is 3. The number of likely N-dealkylation sites (tertiary alicyclic amines) is 1. The van der Waals surface area contributed by atoms with Crippen molar-refractivity contribution in [2.75, 3.05) is 44.7 Å². The van der Waals surface area contributed by atoms with Gasteiger partial charge in [0, 0.05) is 38.9 Å². The standard InChI is InChI=1S/C16H30N4O2S/c1-3-18-15(19-11-16(22)6-9-23-12-16)20-7-4-13(5-8-20)10-14(21)17-2/h13,22H,3-12H2,1-2H3,(H,17,21)(H,18,19). The molecule has 0 aromatic rings. The van der Waals surface area contributed by atoms with Gasteiger partial charge in [0.1, 0.15) is 0 Å². The Labute approximate surface area is 143 Å². The Morgan fingerprint density at radius 1 is 1.43 bits per heavy atom. The predicted molar refractivity (Wildman–Crippen MR) is 95.9 cm³/mol. The number of nitrogens with zero attached hydrogens (tertiary/aromatic N) is 2. The van der Waals surface area contributed by atoms with Crippen LogP contribution in [0.3, 0.4) is 0 Å². The molecule has 0 saturated carbocycles. The van der Waals surface area contributed by atoms with Crippen molar-refractivity contribution < 1.29 is 9.90 Å². The van der Waals surface area contributed by atoms with Gasteiger partial charge in [-0.1, -0.05) is 0 Å². The molecule has 3 N–H and O–H groups in total. The van der Waals surface area contributed by atoms with Gasteiger partial charge in [0.25, 0.3) is 0 Å².